The molecule has 6 nitrogen and oxygen atoms in total. The molecule has 2 aromatic rings. The van der Waals surface area contributed by atoms with Crippen molar-refractivity contribution in [1.82, 2.24) is 10.5 Å². The van der Waals surface area contributed by atoms with E-state index in [0.717, 1.165) is 18.6 Å². The summed E-state index contributed by atoms with van der Waals surface area (Å²) >= 11 is 0. The highest BCUT2D eigenvalue weighted by atomic mass is 16.5. The van der Waals surface area contributed by atoms with E-state index in [1.807, 2.05) is 24.3 Å². The number of hydrogen-bond acceptors (Lipinski definition) is 5. The maximum absolute atomic E-state index is 12.2. The normalized spacial score (nSPS) is 23.0. The van der Waals surface area contributed by atoms with Gasteiger partial charge in [-0.1, -0.05) is 23.4 Å². The van der Waals surface area contributed by atoms with Crippen molar-refractivity contribution >= 4 is 5.91 Å². The van der Waals surface area contributed by atoms with Crippen LogP contribution in [-0.4, -0.2) is 29.3 Å². The summed E-state index contributed by atoms with van der Waals surface area (Å²) in [4.78, 5) is 12.2. The standard InChI is InChI=1S/C17H18N2O4/c20-16(13-9-15(23-19-13)11-5-6-11)18-10-17(21)7-8-22-14-4-2-1-3-12(14)17/h1-4,9,11,21H,5-8,10H2,(H,18,20). The molecule has 0 spiro atoms. The number of benzene rings is 1. The summed E-state index contributed by atoms with van der Waals surface area (Å²) in [6.45, 7) is 0.525. The molecule has 1 fully saturated rings. The van der Waals surface area contributed by atoms with Crippen LogP contribution in [0.5, 0.6) is 5.75 Å². The van der Waals surface area contributed by atoms with E-state index < -0.39 is 5.60 Å². The number of amides is 1. The SMILES string of the molecule is O=C(NCC1(O)CCOc2ccccc21)c1cc(C2CC2)on1. The first kappa shape index (κ1) is 14.3. The number of carbonyl (C=O) groups excluding carboxylic acids is 1. The Balaban J connectivity index is 1.46. The highest BCUT2D eigenvalue weighted by molar-refractivity contribution is 5.92. The van der Waals surface area contributed by atoms with Crippen LogP contribution in [0.15, 0.2) is 34.9 Å². The van der Waals surface area contributed by atoms with Gasteiger partial charge in [-0.05, 0) is 18.9 Å². The highest BCUT2D eigenvalue weighted by Crippen LogP contribution is 2.40. The van der Waals surface area contributed by atoms with Gasteiger partial charge >= 0.3 is 0 Å². The van der Waals surface area contributed by atoms with E-state index in [2.05, 4.69) is 10.5 Å². The fraction of sp³-hybridized carbons (Fsp3) is 0.412. The fourth-order valence-electron chi connectivity index (χ4n) is 2.90. The third-order valence-electron chi connectivity index (χ3n) is 4.44. The van der Waals surface area contributed by atoms with Crippen LogP contribution in [0.2, 0.25) is 0 Å². The summed E-state index contributed by atoms with van der Waals surface area (Å²) in [6, 6.07) is 9.04. The van der Waals surface area contributed by atoms with Crippen LogP contribution in [0.1, 0.15) is 47.0 Å². The first-order valence-corrected chi connectivity index (χ1v) is 7.85. The fourth-order valence-corrected chi connectivity index (χ4v) is 2.90. The Morgan fingerprint density at radius 3 is 3.04 bits per heavy atom. The lowest BCUT2D eigenvalue weighted by atomic mass is 9.88. The van der Waals surface area contributed by atoms with Gasteiger partial charge < -0.3 is 19.7 Å². The van der Waals surface area contributed by atoms with Crippen LogP contribution in [0.3, 0.4) is 0 Å². The number of carbonyl (C=O) groups is 1. The Kier molecular flexibility index (Phi) is 3.34. The summed E-state index contributed by atoms with van der Waals surface area (Å²) in [5, 5.41) is 17.5. The van der Waals surface area contributed by atoms with Crippen molar-refractivity contribution < 1.29 is 19.2 Å². The van der Waals surface area contributed by atoms with E-state index >= 15 is 0 Å². The van der Waals surface area contributed by atoms with Crippen molar-refractivity contribution in [3.63, 3.8) is 0 Å². The Bertz CT molecular complexity index is 738. The lowest BCUT2D eigenvalue weighted by Crippen LogP contribution is -2.44. The zero-order valence-electron chi connectivity index (χ0n) is 12.6. The molecule has 1 aliphatic heterocycles. The number of rotatable bonds is 4. The number of fused-ring (bicyclic) bond motifs is 1. The average Bonchev–Trinajstić information content (AvgIpc) is 3.30. The van der Waals surface area contributed by atoms with Crippen LogP contribution < -0.4 is 10.1 Å². The first-order chi connectivity index (χ1) is 11.2. The quantitative estimate of drug-likeness (QED) is 0.901. The van der Waals surface area contributed by atoms with E-state index in [9.17, 15) is 9.90 Å². The molecule has 23 heavy (non-hydrogen) atoms. The Morgan fingerprint density at radius 1 is 1.39 bits per heavy atom. The topological polar surface area (TPSA) is 84.6 Å². The third-order valence-corrected chi connectivity index (χ3v) is 4.44. The van der Waals surface area contributed by atoms with Gasteiger partial charge in [0.25, 0.3) is 5.91 Å². The Morgan fingerprint density at radius 2 is 2.22 bits per heavy atom. The minimum atomic E-state index is -1.13. The second-order valence-corrected chi connectivity index (χ2v) is 6.20. The second kappa shape index (κ2) is 5.38. The van der Waals surface area contributed by atoms with Crippen LogP contribution >= 0.6 is 0 Å². The van der Waals surface area contributed by atoms with Crippen molar-refractivity contribution in [1.29, 1.82) is 0 Å². The average molecular weight is 314 g/mol. The third kappa shape index (κ3) is 2.70. The van der Waals surface area contributed by atoms with Crippen molar-refractivity contribution in [2.45, 2.75) is 30.8 Å². The second-order valence-electron chi connectivity index (χ2n) is 6.20. The van der Waals surface area contributed by atoms with Crippen LogP contribution in [-0.2, 0) is 5.60 Å². The maximum Gasteiger partial charge on any atom is 0.273 e. The van der Waals surface area contributed by atoms with Gasteiger partial charge in [0.2, 0.25) is 0 Å². The molecule has 0 radical (unpaired) electrons. The molecule has 1 saturated carbocycles. The zero-order chi connectivity index (χ0) is 15.9. The summed E-state index contributed by atoms with van der Waals surface area (Å²) in [7, 11) is 0. The molecule has 1 aromatic carbocycles. The molecule has 0 saturated heterocycles. The maximum atomic E-state index is 12.2. The zero-order valence-corrected chi connectivity index (χ0v) is 12.6. The minimum Gasteiger partial charge on any atom is -0.493 e. The van der Waals surface area contributed by atoms with Crippen LogP contribution in [0, 0.1) is 0 Å². The van der Waals surface area contributed by atoms with Gasteiger partial charge in [-0.15, -0.1) is 0 Å². The summed E-state index contributed by atoms with van der Waals surface area (Å²) in [5.74, 6) is 1.51. The van der Waals surface area contributed by atoms with Gasteiger partial charge in [-0.25, -0.2) is 0 Å². The first-order valence-electron chi connectivity index (χ1n) is 7.85. The van der Waals surface area contributed by atoms with Crippen LogP contribution in [0.25, 0.3) is 0 Å². The molecule has 6 heteroatoms. The molecule has 1 aromatic heterocycles. The van der Waals surface area contributed by atoms with Crippen molar-refractivity contribution in [3.05, 3.63) is 47.3 Å². The van der Waals surface area contributed by atoms with E-state index in [1.165, 1.54) is 0 Å². The number of aromatic nitrogens is 1. The van der Waals surface area contributed by atoms with E-state index in [0.29, 0.717) is 30.3 Å². The molecule has 1 atom stereocenters. The molecule has 4 rings (SSSR count). The molecule has 0 bridgehead atoms. The molecule has 2 aliphatic rings. The smallest absolute Gasteiger partial charge is 0.273 e. The monoisotopic (exact) mass is 314 g/mol. The summed E-state index contributed by atoms with van der Waals surface area (Å²) < 4.78 is 10.7. The molecule has 1 aliphatic carbocycles. The van der Waals surface area contributed by atoms with Gasteiger partial charge in [-0.3, -0.25) is 4.79 Å². The number of ether oxygens (including phenoxy) is 1. The van der Waals surface area contributed by atoms with Gasteiger partial charge in [0.1, 0.15) is 17.1 Å². The Labute approximate surface area is 133 Å². The lowest BCUT2D eigenvalue weighted by molar-refractivity contribution is -0.00167. The molecule has 2 N–H and O–H groups in total. The van der Waals surface area contributed by atoms with Crippen molar-refractivity contribution in [3.8, 4) is 5.75 Å². The number of aliphatic hydroxyl groups is 1. The molecule has 1 amide bonds. The van der Waals surface area contributed by atoms with Gasteiger partial charge in [0.15, 0.2) is 5.69 Å². The van der Waals surface area contributed by atoms with Crippen LogP contribution in [0.4, 0.5) is 0 Å². The van der Waals surface area contributed by atoms with E-state index in [4.69, 9.17) is 9.26 Å². The summed E-state index contributed by atoms with van der Waals surface area (Å²) in [5.41, 5.74) is -0.172. The predicted octanol–water partition coefficient (Wildman–Crippen LogP) is 1.95. The lowest BCUT2D eigenvalue weighted by Gasteiger charge is -2.34. The van der Waals surface area contributed by atoms with Crippen molar-refractivity contribution in [2.24, 2.45) is 0 Å². The molecular weight excluding hydrogens is 296 g/mol. The van der Waals surface area contributed by atoms with Gasteiger partial charge in [0, 0.05) is 24.0 Å². The largest absolute Gasteiger partial charge is 0.493 e. The highest BCUT2D eigenvalue weighted by Gasteiger charge is 2.36. The molecule has 1 unspecified atom stereocenters. The van der Waals surface area contributed by atoms with E-state index in [1.54, 1.807) is 6.07 Å². The Hall–Kier alpha value is -2.34. The van der Waals surface area contributed by atoms with Crippen molar-refractivity contribution in [2.75, 3.05) is 13.2 Å². The van der Waals surface area contributed by atoms with Gasteiger partial charge in [-0.2, -0.15) is 0 Å². The minimum absolute atomic E-state index is 0.109. The predicted molar refractivity (Wildman–Crippen MR) is 81.3 cm³/mol. The number of nitrogens with one attached hydrogen (secondary N) is 1. The van der Waals surface area contributed by atoms with E-state index in [-0.39, 0.29) is 18.1 Å². The molecule has 120 valence electrons. The number of nitrogens with zero attached hydrogens (tertiary/aromatic N) is 1. The molecular formula is C17H18N2O4. The molecule has 2 heterocycles. The summed E-state index contributed by atoms with van der Waals surface area (Å²) in [6.07, 6.45) is 2.61. The number of hydrogen-bond donors (Lipinski definition) is 2. The number of para-hydroxylation sites is 1. The van der Waals surface area contributed by atoms with Gasteiger partial charge in [0.05, 0.1) is 13.2 Å².